The van der Waals surface area contributed by atoms with Crippen molar-refractivity contribution >= 4 is 5.57 Å². The summed E-state index contributed by atoms with van der Waals surface area (Å²) < 4.78 is 0. The second-order valence-corrected chi connectivity index (χ2v) is 5.63. The third kappa shape index (κ3) is 4.09. The van der Waals surface area contributed by atoms with Crippen LogP contribution in [-0.4, -0.2) is 0 Å². The Morgan fingerprint density at radius 3 is 1.60 bits per heavy atom. The normalized spacial score (nSPS) is 10.6. The first-order valence-corrected chi connectivity index (χ1v) is 6.96. The summed E-state index contributed by atoms with van der Waals surface area (Å²) in [5.41, 5.74) is 4.11. The van der Waals surface area contributed by atoms with Crippen LogP contribution in [0.5, 0.6) is 0 Å². The zero-order chi connectivity index (χ0) is 13.7. The Kier molecular flexibility index (Phi) is 5.76. The number of allylic oxidation sites excluding steroid dienone is 1. The maximum Gasteiger partial charge on any atom is -0.0146 e. The summed E-state index contributed by atoms with van der Waals surface area (Å²) in [5, 5.41) is 0. The summed E-state index contributed by atoms with van der Waals surface area (Å²) in [6, 6.07) is 21.3. The van der Waals surface area contributed by atoms with E-state index < -0.39 is 0 Å². The van der Waals surface area contributed by atoms with Crippen molar-refractivity contribution in [3.8, 4) is 0 Å². The highest BCUT2D eigenvalue weighted by Crippen LogP contribution is 2.31. The van der Waals surface area contributed by atoms with Gasteiger partial charge in [-0.25, -0.2) is 0 Å². The van der Waals surface area contributed by atoms with Crippen molar-refractivity contribution in [2.75, 3.05) is 0 Å². The van der Waals surface area contributed by atoms with Gasteiger partial charge < -0.3 is 0 Å². The average Bonchev–Trinajstić information content (AvgIpc) is 2.47. The van der Waals surface area contributed by atoms with E-state index in [9.17, 15) is 0 Å². The fourth-order valence-electron chi connectivity index (χ4n) is 2.06. The zero-order valence-electron chi connectivity index (χ0n) is 12.1. The summed E-state index contributed by atoms with van der Waals surface area (Å²) in [6.07, 6.45) is 3.54. The van der Waals surface area contributed by atoms with E-state index in [0.29, 0.717) is 0 Å². The standard InChI is InChI=1S/C19H22.CH4/c1-4-19(2,3)15-18(16-11-7-5-8-12-16)17-13-9-6-10-14-17;/h5-15H,4H2,1-3H3;1H4. The molecule has 0 aromatic heterocycles. The van der Waals surface area contributed by atoms with Crippen LogP contribution in [0.1, 0.15) is 45.7 Å². The molecule has 0 aliphatic rings. The van der Waals surface area contributed by atoms with Gasteiger partial charge in [0.15, 0.2) is 0 Å². The average molecular weight is 266 g/mol. The number of hydrogen-bond acceptors (Lipinski definition) is 0. The summed E-state index contributed by atoms with van der Waals surface area (Å²) >= 11 is 0. The van der Waals surface area contributed by atoms with Crippen LogP contribution < -0.4 is 0 Å². The van der Waals surface area contributed by atoms with Crippen molar-refractivity contribution in [1.29, 1.82) is 0 Å². The second kappa shape index (κ2) is 7.09. The summed E-state index contributed by atoms with van der Waals surface area (Å²) in [7, 11) is 0. The maximum atomic E-state index is 2.40. The first-order valence-electron chi connectivity index (χ1n) is 6.96. The Bertz CT molecular complexity index is 491. The lowest BCUT2D eigenvalue weighted by atomic mass is 9.84. The van der Waals surface area contributed by atoms with E-state index in [1.54, 1.807) is 0 Å². The summed E-state index contributed by atoms with van der Waals surface area (Å²) in [5.74, 6) is 0. The molecule has 0 aliphatic carbocycles. The molecule has 0 radical (unpaired) electrons. The Labute approximate surface area is 124 Å². The highest BCUT2D eigenvalue weighted by molar-refractivity contribution is 5.80. The number of benzene rings is 2. The molecule has 2 aromatic rings. The van der Waals surface area contributed by atoms with Gasteiger partial charge in [0.1, 0.15) is 0 Å². The monoisotopic (exact) mass is 266 g/mol. The molecule has 0 spiro atoms. The molecule has 20 heavy (non-hydrogen) atoms. The second-order valence-electron chi connectivity index (χ2n) is 5.63. The zero-order valence-corrected chi connectivity index (χ0v) is 12.1. The molecule has 2 rings (SSSR count). The quantitative estimate of drug-likeness (QED) is 0.619. The molecule has 0 unspecified atom stereocenters. The molecule has 0 saturated carbocycles. The van der Waals surface area contributed by atoms with Crippen molar-refractivity contribution in [2.45, 2.75) is 34.6 Å². The van der Waals surface area contributed by atoms with E-state index in [1.807, 2.05) is 0 Å². The van der Waals surface area contributed by atoms with Gasteiger partial charge in [0, 0.05) is 0 Å². The highest BCUT2D eigenvalue weighted by Gasteiger charge is 2.14. The summed E-state index contributed by atoms with van der Waals surface area (Å²) in [6.45, 7) is 6.82. The van der Waals surface area contributed by atoms with Crippen molar-refractivity contribution in [2.24, 2.45) is 5.41 Å². The molecule has 2 aromatic carbocycles. The molecular weight excluding hydrogens is 240 g/mol. The SMILES string of the molecule is C.CCC(C)(C)C=C(c1ccccc1)c1ccccc1. The van der Waals surface area contributed by atoms with Gasteiger partial charge in [0.05, 0.1) is 0 Å². The predicted molar refractivity (Wildman–Crippen MR) is 90.8 cm³/mol. The fourth-order valence-corrected chi connectivity index (χ4v) is 2.06. The number of hydrogen-bond donors (Lipinski definition) is 0. The van der Waals surface area contributed by atoms with Crippen molar-refractivity contribution in [1.82, 2.24) is 0 Å². The lowest BCUT2D eigenvalue weighted by Crippen LogP contribution is -2.06. The molecule has 0 heterocycles. The summed E-state index contributed by atoms with van der Waals surface area (Å²) in [4.78, 5) is 0. The Hall–Kier alpha value is -1.82. The van der Waals surface area contributed by atoms with Gasteiger partial charge >= 0.3 is 0 Å². The molecular formula is C20H26. The van der Waals surface area contributed by atoms with E-state index in [4.69, 9.17) is 0 Å². The van der Waals surface area contributed by atoms with E-state index in [2.05, 4.69) is 87.5 Å². The first kappa shape index (κ1) is 16.2. The number of rotatable bonds is 4. The van der Waals surface area contributed by atoms with Crippen molar-refractivity contribution in [3.63, 3.8) is 0 Å². The molecule has 0 heteroatoms. The van der Waals surface area contributed by atoms with Crippen LogP contribution in [0.4, 0.5) is 0 Å². The van der Waals surface area contributed by atoms with Crippen LogP contribution in [0.15, 0.2) is 66.7 Å². The fraction of sp³-hybridized carbons (Fsp3) is 0.300. The minimum atomic E-state index is 0. The van der Waals surface area contributed by atoms with Gasteiger partial charge in [0.2, 0.25) is 0 Å². The van der Waals surface area contributed by atoms with Crippen LogP contribution in [0.3, 0.4) is 0 Å². The van der Waals surface area contributed by atoms with Gasteiger partial charge in [-0.2, -0.15) is 0 Å². The van der Waals surface area contributed by atoms with Gasteiger partial charge in [-0.15, -0.1) is 0 Å². The van der Waals surface area contributed by atoms with E-state index in [1.165, 1.54) is 16.7 Å². The smallest absolute Gasteiger partial charge is 0.0146 e. The molecule has 0 N–H and O–H groups in total. The van der Waals surface area contributed by atoms with Gasteiger partial charge in [0.25, 0.3) is 0 Å². The van der Waals surface area contributed by atoms with E-state index in [0.717, 1.165) is 6.42 Å². The van der Waals surface area contributed by atoms with Crippen LogP contribution in [0.2, 0.25) is 0 Å². The van der Waals surface area contributed by atoms with Crippen LogP contribution in [0.25, 0.3) is 5.57 Å². The molecule has 0 bridgehead atoms. The maximum absolute atomic E-state index is 2.40. The molecule has 0 nitrogen and oxygen atoms in total. The molecule has 0 fully saturated rings. The molecule has 106 valence electrons. The molecule has 0 amide bonds. The highest BCUT2D eigenvalue weighted by atomic mass is 14.2. The van der Waals surface area contributed by atoms with Gasteiger partial charge in [-0.05, 0) is 28.5 Å². The minimum Gasteiger partial charge on any atom is -0.0776 e. The third-order valence-corrected chi connectivity index (χ3v) is 3.62. The lowest BCUT2D eigenvalue weighted by Gasteiger charge is -2.21. The van der Waals surface area contributed by atoms with Crippen molar-refractivity contribution < 1.29 is 0 Å². The molecule has 0 saturated heterocycles. The van der Waals surface area contributed by atoms with Crippen LogP contribution in [-0.2, 0) is 0 Å². The van der Waals surface area contributed by atoms with Crippen molar-refractivity contribution in [3.05, 3.63) is 77.9 Å². The Morgan fingerprint density at radius 2 is 1.25 bits per heavy atom. The Balaban J connectivity index is 0.00000200. The molecule has 0 aliphatic heterocycles. The van der Waals surface area contributed by atoms with E-state index in [-0.39, 0.29) is 12.8 Å². The first-order chi connectivity index (χ1) is 9.12. The van der Waals surface area contributed by atoms with Gasteiger partial charge in [-0.1, -0.05) is 94.9 Å². The van der Waals surface area contributed by atoms with Crippen LogP contribution >= 0.6 is 0 Å². The van der Waals surface area contributed by atoms with E-state index >= 15 is 0 Å². The topological polar surface area (TPSA) is 0 Å². The van der Waals surface area contributed by atoms with Crippen LogP contribution in [0, 0.1) is 5.41 Å². The Morgan fingerprint density at radius 1 is 0.850 bits per heavy atom. The lowest BCUT2D eigenvalue weighted by molar-refractivity contribution is 0.463. The predicted octanol–water partition coefficient (Wildman–Crippen LogP) is 6.19. The molecule has 0 atom stereocenters. The largest absolute Gasteiger partial charge is 0.0776 e. The minimum absolute atomic E-state index is 0. The van der Waals surface area contributed by atoms with Gasteiger partial charge in [-0.3, -0.25) is 0 Å². The third-order valence-electron chi connectivity index (χ3n) is 3.62.